The summed E-state index contributed by atoms with van der Waals surface area (Å²) in [6.45, 7) is 0. The van der Waals surface area contributed by atoms with Gasteiger partial charge >= 0.3 is 5.97 Å². The van der Waals surface area contributed by atoms with Gasteiger partial charge in [-0.1, -0.05) is 43.5 Å². The van der Waals surface area contributed by atoms with Crippen molar-refractivity contribution >= 4 is 17.8 Å². The summed E-state index contributed by atoms with van der Waals surface area (Å²) in [4.78, 5) is 22.6. The first-order valence-corrected chi connectivity index (χ1v) is 8.83. The Morgan fingerprint density at radius 3 is 2.52 bits per heavy atom. The van der Waals surface area contributed by atoms with Gasteiger partial charge in [0.15, 0.2) is 0 Å². The molecule has 1 aromatic rings. The number of carboxylic acids is 1. The van der Waals surface area contributed by atoms with Crippen molar-refractivity contribution in [2.24, 2.45) is 11.8 Å². The number of rotatable bonds is 9. The molecule has 2 N–H and O–H groups in total. The number of benzene rings is 1. The molecule has 0 unspecified atom stereocenters. The Hall–Kier alpha value is -2.01. The fourth-order valence-electron chi connectivity index (χ4n) is 3.38. The molecule has 1 aliphatic carbocycles. The Morgan fingerprint density at radius 2 is 1.84 bits per heavy atom. The molecule has 4 nitrogen and oxygen atoms in total. The molecule has 1 saturated carbocycles. The van der Waals surface area contributed by atoms with Crippen LogP contribution in [0.4, 0.5) is 4.39 Å². The van der Waals surface area contributed by atoms with Crippen LogP contribution < -0.4 is 0 Å². The second kappa shape index (κ2) is 9.47. The largest absolute Gasteiger partial charge is 0.481 e. The lowest BCUT2D eigenvalue weighted by Crippen LogP contribution is -2.18. The lowest BCUT2D eigenvalue weighted by atomic mass is 9.88. The average Bonchev–Trinajstić information content (AvgIpc) is 2.83. The van der Waals surface area contributed by atoms with Gasteiger partial charge in [0.25, 0.3) is 0 Å². The Balaban J connectivity index is 1.86. The summed E-state index contributed by atoms with van der Waals surface area (Å²) >= 11 is 0. The monoisotopic (exact) mass is 348 g/mol. The van der Waals surface area contributed by atoms with E-state index in [4.69, 9.17) is 5.11 Å². The van der Waals surface area contributed by atoms with Crippen LogP contribution in [0, 0.1) is 17.7 Å². The van der Waals surface area contributed by atoms with Crippen LogP contribution in [-0.4, -0.2) is 28.1 Å². The van der Waals surface area contributed by atoms with Crippen molar-refractivity contribution < 1.29 is 24.2 Å². The summed E-state index contributed by atoms with van der Waals surface area (Å²) in [5.74, 6) is -1.39. The van der Waals surface area contributed by atoms with E-state index in [1.165, 1.54) is 12.1 Å². The third-order valence-corrected chi connectivity index (χ3v) is 4.77. The summed E-state index contributed by atoms with van der Waals surface area (Å²) in [6, 6.07) is 6.08. The van der Waals surface area contributed by atoms with Crippen molar-refractivity contribution in [3.63, 3.8) is 0 Å². The number of unbranched alkanes of at least 4 members (excludes halogenated alkanes) is 3. The molecule has 0 radical (unpaired) electrons. The molecule has 0 aliphatic heterocycles. The van der Waals surface area contributed by atoms with Crippen LogP contribution in [-0.2, 0) is 9.59 Å². The molecule has 1 aliphatic rings. The van der Waals surface area contributed by atoms with E-state index < -0.39 is 12.1 Å². The molecule has 1 aromatic carbocycles. The molecule has 0 saturated heterocycles. The number of aliphatic hydroxyl groups is 1. The second-order valence-corrected chi connectivity index (χ2v) is 6.68. The van der Waals surface area contributed by atoms with Gasteiger partial charge in [0, 0.05) is 24.7 Å². The first-order valence-electron chi connectivity index (χ1n) is 8.83. The highest BCUT2D eigenvalue weighted by Gasteiger charge is 2.39. The maximum absolute atomic E-state index is 12.9. The molecular formula is C20H25FO4. The number of Topliss-reactive ketones (excluding diaryl/α,β-unsaturated/α-hetero) is 1. The van der Waals surface area contributed by atoms with Crippen LogP contribution >= 0.6 is 0 Å². The van der Waals surface area contributed by atoms with E-state index in [0.717, 1.165) is 24.8 Å². The van der Waals surface area contributed by atoms with Gasteiger partial charge in [0.1, 0.15) is 11.6 Å². The zero-order chi connectivity index (χ0) is 18.2. The number of hydrogen-bond acceptors (Lipinski definition) is 3. The van der Waals surface area contributed by atoms with E-state index in [1.807, 2.05) is 12.2 Å². The molecule has 0 aromatic heterocycles. The van der Waals surface area contributed by atoms with E-state index in [9.17, 15) is 19.1 Å². The number of hydrogen-bond donors (Lipinski definition) is 2. The fraction of sp³-hybridized carbons (Fsp3) is 0.500. The summed E-state index contributed by atoms with van der Waals surface area (Å²) in [5.41, 5.74) is 0.834. The second-order valence-electron chi connectivity index (χ2n) is 6.68. The summed E-state index contributed by atoms with van der Waals surface area (Å²) < 4.78 is 12.9. The zero-order valence-corrected chi connectivity index (χ0v) is 14.2. The zero-order valence-electron chi connectivity index (χ0n) is 14.2. The molecule has 136 valence electrons. The van der Waals surface area contributed by atoms with Crippen molar-refractivity contribution in [1.82, 2.24) is 0 Å². The number of carboxylic acid groups (broad SMARTS) is 1. The highest BCUT2D eigenvalue weighted by atomic mass is 19.1. The summed E-state index contributed by atoms with van der Waals surface area (Å²) in [6.07, 6.45) is 7.33. The Labute approximate surface area is 147 Å². The minimum Gasteiger partial charge on any atom is -0.481 e. The Kier molecular flexibility index (Phi) is 7.31. The predicted octanol–water partition coefficient (Wildman–Crippen LogP) is 3.83. The fourth-order valence-corrected chi connectivity index (χ4v) is 3.38. The standard InChI is InChI=1S/C20H25FO4/c21-15-10-7-14(8-11-15)9-12-17-16(18(22)13-19(17)23)5-3-1-2-4-6-20(24)25/h7-12,16-17,19,23H,1-6,13H2,(H,24,25)/t16-,17-,19+/m0/s1. The van der Waals surface area contributed by atoms with Crippen molar-refractivity contribution in [3.05, 3.63) is 41.7 Å². The average molecular weight is 348 g/mol. The maximum atomic E-state index is 12.9. The van der Waals surface area contributed by atoms with Gasteiger partial charge in [-0.2, -0.15) is 0 Å². The number of ketones is 1. The van der Waals surface area contributed by atoms with E-state index >= 15 is 0 Å². The number of carbonyl (C=O) groups excluding carboxylic acids is 1. The van der Waals surface area contributed by atoms with Crippen LogP contribution in [0.25, 0.3) is 6.08 Å². The molecule has 2 rings (SSSR count). The normalized spacial score (nSPS) is 23.4. The van der Waals surface area contributed by atoms with Crippen LogP contribution in [0.1, 0.15) is 50.5 Å². The lowest BCUT2D eigenvalue weighted by molar-refractivity contribution is -0.137. The quantitative estimate of drug-likeness (QED) is 0.665. The molecule has 0 heterocycles. The van der Waals surface area contributed by atoms with Gasteiger partial charge in [0.2, 0.25) is 0 Å². The van der Waals surface area contributed by atoms with Crippen molar-refractivity contribution in [2.45, 2.75) is 51.0 Å². The van der Waals surface area contributed by atoms with Crippen LogP contribution in [0.15, 0.2) is 30.3 Å². The topological polar surface area (TPSA) is 74.6 Å². The summed E-state index contributed by atoms with van der Waals surface area (Å²) in [5, 5.41) is 18.8. The van der Waals surface area contributed by atoms with Crippen molar-refractivity contribution in [3.8, 4) is 0 Å². The van der Waals surface area contributed by atoms with E-state index in [1.54, 1.807) is 12.1 Å². The molecular weight excluding hydrogens is 323 g/mol. The number of aliphatic carboxylic acids is 1. The highest BCUT2D eigenvalue weighted by Crippen LogP contribution is 2.34. The molecule has 3 atom stereocenters. The van der Waals surface area contributed by atoms with Crippen LogP contribution in [0.2, 0.25) is 0 Å². The summed E-state index contributed by atoms with van der Waals surface area (Å²) in [7, 11) is 0. The SMILES string of the molecule is O=C(O)CCCCCC[C@@H]1C(=O)C[C@@H](O)[C@H]1C=Cc1ccc(F)cc1. The van der Waals surface area contributed by atoms with Gasteiger partial charge in [-0.3, -0.25) is 9.59 Å². The molecule has 0 amide bonds. The molecule has 1 fully saturated rings. The molecule has 5 heteroatoms. The minimum atomic E-state index is -0.778. The first-order chi connectivity index (χ1) is 12.0. The Bertz CT molecular complexity index is 609. The predicted molar refractivity (Wildman–Crippen MR) is 93.4 cm³/mol. The van der Waals surface area contributed by atoms with Gasteiger partial charge in [-0.15, -0.1) is 0 Å². The number of halogens is 1. The lowest BCUT2D eigenvalue weighted by Gasteiger charge is -2.17. The van der Waals surface area contributed by atoms with Gasteiger partial charge in [-0.05, 0) is 30.5 Å². The third-order valence-electron chi connectivity index (χ3n) is 4.77. The smallest absolute Gasteiger partial charge is 0.303 e. The minimum absolute atomic E-state index is 0.0896. The molecule has 0 bridgehead atoms. The highest BCUT2D eigenvalue weighted by molar-refractivity contribution is 5.84. The maximum Gasteiger partial charge on any atom is 0.303 e. The van der Waals surface area contributed by atoms with Gasteiger partial charge in [-0.25, -0.2) is 4.39 Å². The van der Waals surface area contributed by atoms with Crippen LogP contribution in [0.3, 0.4) is 0 Å². The Morgan fingerprint density at radius 1 is 1.16 bits per heavy atom. The number of carbonyl (C=O) groups is 2. The van der Waals surface area contributed by atoms with Gasteiger partial charge in [0.05, 0.1) is 6.10 Å². The van der Waals surface area contributed by atoms with Crippen LogP contribution in [0.5, 0.6) is 0 Å². The number of aliphatic hydroxyl groups excluding tert-OH is 1. The van der Waals surface area contributed by atoms with Crippen molar-refractivity contribution in [1.29, 1.82) is 0 Å². The van der Waals surface area contributed by atoms with E-state index in [0.29, 0.717) is 12.8 Å². The van der Waals surface area contributed by atoms with E-state index in [-0.39, 0.29) is 36.3 Å². The third kappa shape index (κ3) is 6.09. The van der Waals surface area contributed by atoms with Gasteiger partial charge < -0.3 is 10.2 Å². The van der Waals surface area contributed by atoms with Crippen molar-refractivity contribution in [2.75, 3.05) is 0 Å². The molecule has 0 spiro atoms. The first kappa shape index (κ1) is 19.3. The van der Waals surface area contributed by atoms with E-state index in [2.05, 4.69) is 0 Å². The molecule has 25 heavy (non-hydrogen) atoms.